The average molecular weight is 530 g/mol. The zero-order valence-electron chi connectivity index (χ0n) is 19.0. The number of ketones is 1. The topological polar surface area (TPSA) is 85.5 Å². The molecule has 1 saturated heterocycles. The highest BCUT2D eigenvalue weighted by molar-refractivity contribution is 9.10. The van der Waals surface area contributed by atoms with E-state index in [1.807, 2.05) is 54.0 Å². The van der Waals surface area contributed by atoms with Crippen molar-refractivity contribution in [3.63, 3.8) is 0 Å². The highest BCUT2D eigenvalue weighted by Gasteiger charge is 2.63. The zero-order valence-corrected chi connectivity index (χ0v) is 20.6. The SMILES string of the molecule is CC(=O)[C@]1(O)CC2O[C@]1(C)n1c3ccccc3c3c4c(c5c6cc(Br)ccc6n2c5c31)C(=O)NC4. The zero-order chi connectivity index (χ0) is 24.0. The van der Waals surface area contributed by atoms with Crippen molar-refractivity contribution in [2.24, 2.45) is 0 Å². The Labute approximate surface area is 207 Å². The first-order chi connectivity index (χ1) is 16.8. The number of para-hydroxylation sites is 1. The minimum absolute atomic E-state index is 0.0838. The van der Waals surface area contributed by atoms with E-state index >= 15 is 0 Å². The fraction of sp³-hybridized carbons (Fsp3) is 0.259. The number of aromatic nitrogens is 2. The molecule has 1 fully saturated rings. The average Bonchev–Trinajstić information content (AvgIpc) is 3.51. The third-order valence-electron chi connectivity index (χ3n) is 8.47. The summed E-state index contributed by atoms with van der Waals surface area (Å²) in [5, 5.41) is 18.7. The van der Waals surface area contributed by atoms with Crippen LogP contribution < -0.4 is 5.32 Å². The lowest BCUT2D eigenvalue weighted by molar-refractivity contribution is -0.184. The van der Waals surface area contributed by atoms with Gasteiger partial charge < -0.3 is 24.3 Å². The number of carbonyl (C=O) groups excluding carboxylic acids is 2. The molecule has 5 heterocycles. The standard InChI is InChI=1S/C27H20BrN3O4/c1-12(32)27(34)10-19-30-17-8-7-13(28)9-15(17)21-22-16(11-29-25(22)33)20-14-5-3-4-6-18(14)31(24(20)23(21)30)26(27,2)35-19/h3-9,19,34H,10-11H2,1-2H3,(H,29,33)/t19?,26-,27+/m0/s1. The predicted molar refractivity (Wildman–Crippen MR) is 135 cm³/mol. The summed E-state index contributed by atoms with van der Waals surface area (Å²) in [5.74, 6) is -0.412. The highest BCUT2D eigenvalue weighted by Crippen LogP contribution is 2.57. The van der Waals surface area contributed by atoms with Gasteiger partial charge in [-0.1, -0.05) is 34.1 Å². The number of halogens is 1. The molecule has 7 nitrogen and oxygen atoms in total. The molecule has 8 rings (SSSR count). The maximum absolute atomic E-state index is 13.3. The molecule has 0 radical (unpaired) electrons. The minimum atomic E-state index is -1.73. The van der Waals surface area contributed by atoms with Gasteiger partial charge >= 0.3 is 0 Å². The molecule has 1 unspecified atom stereocenters. The molecule has 2 aromatic heterocycles. The first-order valence-corrected chi connectivity index (χ1v) is 12.5. The van der Waals surface area contributed by atoms with E-state index in [4.69, 9.17) is 4.74 Å². The second-order valence-corrected chi connectivity index (χ2v) is 11.0. The van der Waals surface area contributed by atoms with Gasteiger partial charge in [0, 0.05) is 39.0 Å². The van der Waals surface area contributed by atoms with Gasteiger partial charge in [0.15, 0.2) is 17.1 Å². The van der Waals surface area contributed by atoms with Crippen LogP contribution in [0, 0.1) is 0 Å². The Morgan fingerprint density at radius 1 is 1.14 bits per heavy atom. The molecular weight excluding hydrogens is 510 g/mol. The molecule has 35 heavy (non-hydrogen) atoms. The molecule has 2 bridgehead atoms. The second kappa shape index (κ2) is 5.95. The van der Waals surface area contributed by atoms with Gasteiger partial charge in [-0.25, -0.2) is 0 Å². The Balaban J connectivity index is 1.76. The van der Waals surface area contributed by atoms with Gasteiger partial charge in [0.05, 0.1) is 27.6 Å². The lowest BCUT2D eigenvalue weighted by Crippen LogP contribution is -2.55. The largest absolute Gasteiger partial charge is 0.377 e. The summed E-state index contributed by atoms with van der Waals surface area (Å²) >= 11 is 3.61. The van der Waals surface area contributed by atoms with E-state index in [9.17, 15) is 14.7 Å². The van der Waals surface area contributed by atoms with Gasteiger partial charge in [-0.05, 0) is 43.7 Å². The normalized spacial score (nSPS) is 26.9. The first-order valence-electron chi connectivity index (χ1n) is 11.7. The summed E-state index contributed by atoms with van der Waals surface area (Å²) in [6, 6.07) is 14.0. The Morgan fingerprint density at radius 3 is 2.74 bits per heavy atom. The molecule has 174 valence electrons. The van der Waals surface area contributed by atoms with Gasteiger partial charge in [0.25, 0.3) is 5.91 Å². The molecule has 1 amide bonds. The molecule has 0 saturated carbocycles. The summed E-state index contributed by atoms with van der Waals surface area (Å²) in [6.45, 7) is 3.67. The molecular formula is C27H20BrN3O4. The number of rotatable bonds is 1. The lowest BCUT2D eigenvalue weighted by atomic mass is 9.85. The Hall–Kier alpha value is -3.20. The van der Waals surface area contributed by atoms with Crippen molar-refractivity contribution in [1.82, 2.24) is 14.5 Å². The van der Waals surface area contributed by atoms with Crippen LogP contribution in [-0.2, 0) is 21.8 Å². The maximum atomic E-state index is 13.3. The van der Waals surface area contributed by atoms with E-state index in [0.29, 0.717) is 12.1 Å². The Kier molecular flexibility index (Phi) is 3.41. The molecule has 5 aromatic rings. The quantitative estimate of drug-likeness (QED) is 0.325. The van der Waals surface area contributed by atoms with Gasteiger partial charge in [0.1, 0.15) is 6.23 Å². The van der Waals surface area contributed by atoms with Crippen molar-refractivity contribution in [1.29, 1.82) is 0 Å². The smallest absolute Gasteiger partial charge is 0.252 e. The molecule has 0 aliphatic carbocycles. The second-order valence-electron chi connectivity index (χ2n) is 10.0. The number of fused-ring (bicyclic) bond motifs is 13. The van der Waals surface area contributed by atoms with Crippen LogP contribution in [0.3, 0.4) is 0 Å². The lowest BCUT2D eigenvalue weighted by Gasteiger charge is -2.38. The summed E-state index contributed by atoms with van der Waals surface area (Å²) in [4.78, 5) is 26.3. The van der Waals surface area contributed by atoms with E-state index in [0.717, 1.165) is 53.6 Å². The van der Waals surface area contributed by atoms with Crippen molar-refractivity contribution >= 4 is 71.2 Å². The number of amides is 1. The maximum Gasteiger partial charge on any atom is 0.252 e. The van der Waals surface area contributed by atoms with Crippen LogP contribution in [0.5, 0.6) is 0 Å². The number of ether oxygens (including phenoxy) is 1. The van der Waals surface area contributed by atoms with Gasteiger partial charge in [-0.3, -0.25) is 9.59 Å². The van der Waals surface area contributed by atoms with Crippen LogP contribution in [0.25, 0.3) is 43.6 Å². The Bertz CT molecular complexity index is 1870. The third kappa shape index (κ3) is 2.01. The fourth-order valence-electron chi connectivity index (χ4n) is 6.94. The molecule has 8 heteroatoms. The first kappa shape index (κ1) is 20.0. The molecule has 3 aromatic carbocycles. The predicted octanol–water partition coefficient (Wildman–Crippen LogP) is 4.83. The monoisotopic (exact) mass is 529 g/mol. The van der Waals surface area contributed by atoms with E-state index < -0.39 is 17.6 Å². The Morgan fingerprint density at radius 2 is 1.94 bits per heavy atom. The third-order valence-corrected chi connectivity index (χ3v) is 8.96. The van der Waals surface area contributed by atoms with Crippen molar-refractivity contribution in [3.8, 4) is 0 Å². The number of carbonyl (C=O) groups is 2. The summed E-state index contributed by atoms with van der Waals surface area (Å²) in [7, 11) is 0. The van der Waals surface area contributed by atoms with Crippen LogP contribution in [0.15, 0.2) is 46.9 Å². The van der Waals surface area contributed by atoms with E-state index in [-0.39, 0.29) is 18.1 Å². The number of benzene rings is 3. The summed E-state index contributed by atoms with van der Waals surface area (Å²) < 4.78 is 11.7. The van der Waals surface area contributed by atoms with Crippen molar-refractivity contribution in [2.45, 2.75) is 44.4 Å². The van der Waals surface area contributed by atoms with Crippen LogP contribution in [-0.4, -0.2) is 31.5 Å². The molecule has 3 atom stereocenters. The van der Waals surface area contributed by atoms with E-state index in [1.165, 1.54) is 6.92 Å². The molecule has 3 aliphatic heterocycles. The van der Waals surface area contributed by atoms with Crippen molar-refractivity contribution < 1.29 is 19.4 Å². The number of nitrogens with zero attached hydrogens (tertiary/aromatic N) is 2. The fourth-order valence-corrected chi connectivity index (χ4v) is 7.30. The molecule has 0 spiro atoms. The van der Waals surface area contributed by atoms with Crippen molar-refractivity contribution in [3.05, 3.63) is 58.1 Å². The van der Waals surface area contributed by atoms with E-state index in [1.54, 1.807) is 0 Å². The van der Waals surface area contributed by atoms with Crippen molar-refractivity contribution in [2.75, 3.05) is 0 Å². The van der Waals surface area contributed by atoms with Crippen LogP contribution in [0.4, 0.5) is 0 Å². The van der Waals surface area contributed by atoms with Gasteiger partial charge in [-0.2, -0.15) is 0 Å². The number of hydrogen-bond acceptors (Lipinski definition) is 4. The van der Waals surface area contributed by atoms with Crippen LogP contribution in [0.1, 0.15) is 42.4 Å². The number of aliphatic hydroxyl groups is 1. The van der Waals surface area contributed by atoms with Gasteiger partial charge in [0.2, 0.25) is 0 Å². The minimum Gasteiger partial charge on any atom is -0.377 e. The van der Waals surface area contributed by atoms with Crippen LogP contribution >= 0.6 is 15.9 Å². The van der Waals surface area contributed by atoms with Crippen LogP contribution in [0.2, 0.25) is 0 Å². The number of nitrogens with one attached hydrogen (secondary N) is 1. The molecule has 2 N–H and O–H groups in total. The van der Waals surface area contributed by atoms with E-state index in [2.05, 4.69) is 25.8 Å². The summed E-state index contributed by atoms with van der Waals surface area (Å²) in [5.41, 5.74) is 2.13. The molecule has 3 aliphatic rings. The highest BCUT2D eigenvalue weighted by atomic mass is 79.9. The number of hydrogen-bond donors (Lipinski definition) is 2. The summed E-state index contributed by atoms with van der Waals surface area (Å²) in [6.07, 6.45) is -0.468. The number of Topliss-reactive ketones (excluding diaryl/α,β-unsaturated/α-hetero) is 1. The van der Waals surface area contributed by atoms with Gasteiger partial charge in [-0.15, -0.1) is 0 Å².